The summed E-state index contributed by atoms with van der Waals surface area (Å²) in [4.78, 5) is 31.9. The van der Waals surface area contributed by atoms with E-state index in [-0.39, 0.29) is 23.8 Å². The number of pyridine rings is 1. The van der Waals surface area contributed by atoms with Crippen molar-refractivity contribution in [1.82, 2.24) is 9.88 Å². The Morgan fingerprint density at radius 2 is 2.23 bits per heavy atom. The molecule has 2 unspecified atom stereocenters. The van der Waals surface area contributed by atoms with Crippen LogP contribution < -0.4 is 10.6 Å². The number of rotatable bonds is 4. The van der Waals surface area contributed by atoms with Crippen LogP contribution in [-0.4, -0.2) is 47.4 Å². The molecule has 2 N–H and O–H groups in total. The molecule has 1 radical (unpaired) electrons. The fourth-order valence-corrected chi connectivity index (χ4v) is 2.91. The Kier molecular flexibility index (Phi) is 5.00. The van der Waals surface area contributed by atoms with Gasteiger partial charge in [0.05, 0.1) is 0 Å². The lowest BCUT2D eigenvalue weighted by molar-refractivity contribution is -0.136. The van der Waals surface area contributed by atoms with Gasteiger partial charge in [0, 0.05) is 37.8 Å². The summed E-state index contributed by atoms with van der Waals surface area (Å²) in [5.74, 6) is 0.374. The highest BCUT2D eigenvalue weighted by Crippen LogP contribution is 2.26. The summed E-state index contributed by atoms with van der Waals surface area (Å²) >= 11 is 0. The third kappa shape index (κ3) is 3.37. The number of piperidine rings is 1. The maximum Gasteiger partial charge on any atom is 0.240 e. The van der Waals surface area contributed by atoms with E-state index in [0.717, 1.165) is 12.2 Å². The van der Waals surface area contributed by atoms with Crippen molar-refractivity contribution >= 4 is 17.6 Å². The standard InChI is InChI=1S/C16H23N4O2/c1-11(2)16(22)19(3)12-7-9-20(13(10-12)15(17)21)14-6-4-5-8-18-14/h4,6,8,11-13H,7,9-10H2,1-3H3,(H2,17,21). The molecule has 1 saturated heterocycles. The molecular weight excluding hydrogens is 280 g/mol. The molecule has 6 heteroatoms. The third-order valence-electron chi connectivity index (χ3n) is 4.19. The van der Waals surface area contributed by atoms with E-state index in [4.69, 9.17) is 5.73 Å². The highest BCUT2D eigenvalue weighted by atomic mass is 16.2. The van der Waals surface area contributed by atoms with Gasteiger partial charge < -0.3 is 15.5 Å². The van der Waals surface area contributed by atoms with Crippen LogP contribution in [0.4, 0.5) is 5.82 Å². The topological polar surface area (TPSA) is 79.5 Å². The molecule has 119 valence electrons. The molecule has 1 aromatic rings. The number of hydrogen-bond acceptors (Lipinski definition) is 4. The van der Waals surface area contributed by atoms with Crippen LogP contribution in [-0.2, 0) is 9.59 Å². The fraction of sp³-hybridized carbons (Fsp3) is 0.562. The smallest absolute Gasteiger partial charge is 0.240 e. The van der Waals surface area contributed by atoms with Crippen LogP contribution in [0.25, 0.3) is 0 Å². The van der Waals surface area contributed by atoms with Crippen molar-refractivity contribution in [2.45, 2.75) is 38.8 Å². The largest absolute Gasteiger partial charge is 0.368 e. The van der Waals surface area contributed by atoms with Gasteiger partial charge in [-0.15, -0.1) is 0 Å². The SMILES string of the molecule is CC(C)C(=O)N(C)C1CCN(c2cc[c]cn2)C(C(N)=O)C1. The number of hydrogen-bond donors (Lipinski definition) is 1. The average molecular weight is 303 g/mol. The van der Waals surface area contributed by atoms with E-state index in [0.29, 0.717) is 13.0 Å². The molecule has 0 saturated carbocycles. The van der Waals surface area contributed by atoms with Crippen molar-refractivity contribution < 1.29 is 9.59 Å². The highest BCUT2D eigenvalue weighted by molar-refractivity contribution is 5.84. The normalized spacial score (nSPS) is 21.7. The lowest BCUT2D eigenvalue weighted by Gasteiger charge is -2.42. The molecule has 1 fully saturated rings. The Bertz CT molecular complexity index is 532. The second kappa shape index (κ2) is 6.77. The monoisotopic (exact) mass is 303 g/mol. The molecule has 0 spiro atoms. The van der Waals surface area contributed by atoms with Crippen LogP contribution in [0.2, 0.25) is 0 Å². The molecule has 2 atom stereocenters. The Morgan fingerprint density at radius 1 is 1.50 bits per heavy atom. The van der Waals surface area contributed by atoms with E-state index in [2.05, 4.69) is 11.1 Å². The predicted octanol–water partition coefficient (Wildman–Crippen LogP) is 0.819. The van der Waals surface area contributed by atoms with Crippen molar-refractivity contribution in [3.05, 3.63) is 24.4 Å². The van der Waals surface area contributed by atoms with Crippen LogP contribution in [0.3, 0.4) is 0 Å². The van der Waals surface area contributed by atoms with Gasteiger partial charge in [0.2, 0.25) is 11.8 Å². The van der Waals surface area contributed by atoms with Crippen molar-refractivity contribution in [3.63, 3.8) is 0 Å². The minimum Gasteiger partial charge on any atom is -0.368 e. The number of nitrogens with two attached hydrogens (primary N) is 1. The van der Waals surface area contributed by atoms with E-state index < -0.39 is 6.04 Å². The number of carbonyl (C=O) groups is 2. The zero-order chi connectivity index (χ0) is 16.3. The molecular formula is C16H23N4O2. The summed E-state index contributed by atoms with van der Waals surface area (Å²) in [6.45, 7) is 4.40. The molecule has 2 rings (SSSR count). The lowest BCUT2D eigenvalue weighted by Crippen LogP contribution is -2.55. The predicted molar refractivity (Wildman–Crippen MR) is 84.0 cm³/mol. The van der Waals surface area contributed by atoms with E-state index in [1.807, 2.05) is 24.8 Å². The van der Waals surface area contributed by atoms with Gasteiger partial charge in [-0.1, -0.05) is 13.8 Å². The van der Waals surface area contributed by atoms with Gasteiger partial charge in [-0.05, 0) is 25.0 Å². The molecule has 1 aliphatic heterocycles. The zero-order valence-electron chi connectivity index (χ0n) is 13.3. The summed E-state index contributed by atoms with van der Waals surface area (Å²) in [5, 5.41) is 0. The van der Waals surface area contributed by atoms with Crippen LogP contribution >= 0.6 is 0 Å². The second-order valence-corrected chi connectivity index (χ2v) is 6.01. The number of anilines is 1. The zero-order valence-corrected chi connectivity index (χ0v) is 13.3. The lowest BCUT2D eigenvalue weighted by atomic mass is 9.94. The summed E-state index contributed by atoms with van der Waals surface area (Å²) in [6.07, 6.45) is 2.90. The van der Waals surface area contributed by atoms with Gasteiger partial charge in [-0.2, -0.15) is 0 Å². The maximum atomic E-state index is 12.1. The van der Waals surface area contributed by atoms with Crippen molar-refractivity contribution in [2.24, 2.45) is 11.7 Å². The molecule has 22 heavy (non-hydrogen) atoms. The summed E-state index contributed by atoms with van der Waals surface area (Å²) in [7, 11) is 1.80. The fourth-order valence-electron chi connectivity index (χ4n) is 2.91. The van der Waals surface area contributed by atoms with Crippen LogP contribution in [0.5, 0.6) is 0 Å². The molecule has 1 aromatic heterocycles. The van der Waals surface area contributed by atoms with Gasteiger partial charge in [0.15, 0.2) is 0 Å². The van der Waals surface area contributed by atoms with Crippen LogP contribution in [0, 0.1) is 12.0 Å². The van der Waals surface area contributed by atoms with Crippen molar-refractivity contribution in [3.8, 4) is 0 Å². The second-order valence-electron chi connectivity index (χ2n) is 6.01. The Balaban J connectivity index is 2.15. The van der Waals surface area contributed by atoms with Crippen molar-refractivity contribution in [2.75, 3.05) is 18.5 Å². The van der Waals surface area contributed by atoms with E-state index >= 15 is 0 Å². The van der Waals surface area contributed by atoms with E-state index in [9.17, 15) is 9.59 Å². The summed E-state index contributed by atoms with van der Waals surface area (Å²) in [5.41, 5.74) is 5.57. The molecule has 0 bridgehead atoms. The first-order chi connectivity index (χ1) is 10.4. The molecule has 0 aromatic carbocycles. The Hall–Kier alpha value is -2.11. The quantitative estimate of drug-likeness (QED) is 0.893. The van der Waals surface area contributed by atoms with Gasteiger partial charge in [-0.25, -0.2) is 4.98 Å². The van der Waals surface area contributed by atoms with Crippen LogP contribution in [0.15, 0.2) is 18.3 Å². The van der Waals surface area contributed by atoms with E-state index in [1.54, 1.807) is 24.2 Å². The highest BCUT2D eigenvalue weighted by Gasteiger charge is 2.36. The van der Waals surface area contributed by atoms with Gasteiger partial charge in [-0.3, -0.25) is 9.59 Å². The number of aromatic nitrogens is 1. The van der Waals surface area contributed by atoms with Crippen LogP contribution in [0.1, 0.15) is 26.7 Å². The Labute approximate surface area is 131 Å². The first-order valence-electron chi connectivity index (χ1n) is 7.56. The van der Waals surface area contributed by atoms with Gasteiger partial charge in [0.25, 0.3) is 0 Å². The van der Waals surface area contributed by atoms with Crippen molar-refractivity contribution in [1.29, 1.82) is 0 Å². The molecule has 1 aliphatic rings. The molecule has 0 aliphatic carbocycles. The summed E-state index contributed by atoms with van der Waals surface area (Å²) < 4.78 is 0. The van der Waals surface area contributed by atoms with E-state index in [1.165, 1.54) is 0 Å². The van der Waals surface area contributed by atoms with Gasteiger partial charge >= 0.3 is 0 Å². The molecule has 6 nitrogen and oxygen atoms in total. The first kappa shape index (κ1) is 16.3. The number of amides is 2. The van der Waals surface area contributed by atoms with Gasteiger partial charge in [0.1, 0.15) is 11.9 Å². The Morgan fingerprint density at radius 3 is 2.77 bits per heavy atom. The number of carbonyl (C=O) groups excluding carboxylic acids is 2. The molecule has 2 amide bonds. The number of nitrogens with zero attached hydrogens (tertiary/aromatic N) is 3. The minimum atomic E-state index is -0.448. The first-order valence-corrected chi connectivity index (χ1v) is 7.56. The minimum absolute atomic E-state index is 0.0268. The number of primary amides is 1. The molecule has 2 heterocycles. The third-order valence-corrected chi connectivity index (χ3v) is 4.19. The maximum absolute atomic E-state index is 12.1. The summed E-state index contributed by atoms with van der Waals surface area (Å²) in [6, 6.07) is 6.03. The average Bonchev–Trinajstić information content (AvgIpc) is 2.53.